The van der Waals surface area contributed by atoms with Gasteiger partial charge in [-0.1, -0.05) is 55.5 Å². The molecule has 4 heteroatoms. The van der Waals surface area contributed by atoms with Gasteiger partial charge in [0.25, 0.3) is 5.91 Å². The standard InChI is InChI=1S/C17H19NO3/c1-2-15-10-6-7-11-16(15)20-13-17(19)18-21-12-14-8-4-3-5-9-14/h3-11H,2,12-13H2,1H3,(H,18,19). The number of rotatable bonds is 7. The average molecular weight is 285 g/mol. The Kier molecular flexibility index (Phi) is 5.79. The van der Waals surface area contributed by atoms with Crippen LogP contribution in [0.3, 0.4) is 0 Å². The van der Waals surface area contributed by atoms with Crippen molar-refractivity contribution in [3.05, 3.63) is 65.7 Å². The highest BCUT2D eigenvalue weighted by Gasteiger charge is 2.05. The molecule has 21 heavy (non-hydrogen) atoms. The third-order valence-electron chi connectivity index (χ3n) is 2.98. The number of hydrogen-bond acceptors (Lipinski definition) is 3. The fourth-order valence-corrected chi connectivity index (χ4v) is 1.88. The molecule has 0 aliphatic carbocycles. The molecular weight excluding hydrogens is 266 g/mol. The maximum absolute atomic E-state index is 11.6. The molecule has 2 aromatic rings. The van der Waals surface area contributed by atoms with Gasteiger partial charge in [0.05, 0.1) is 6.61 Å². The Labute approximate surface area is 124 Å². The Morgan fingerprint density at radius 3 is 2.52 bits per heavy atom. The van der Waals surface area contributed by atoms with E-state index in [1.54, 1.807) is 0 Å². The molecule has 0 fully saturated rings. The minimum Gasteiger partial charge on any atom is -0.483 e. The van der Waals surface area contributed by atoms with Gasteiger partial charge < -0.3 is 4.74 Å². The van der Waals surface area contributed by atoms with Crippen molar-refractivity contribution in [2.45, 2.75) is 20.0 Å². The van der Waals surface area contributed by atoms with Gasteiger partial charge in [-0.25, -0.2) is 5.48 Å². The number of hydroxylamine groups is 1. The number of hydrogen-bond donors (Lipinski definition) is 1. The monoisotopic (exact) mass is 285 g/mol. The van der Waals surface area contributed by atoms with Crippen molar-refractivity contribution in [3.63, 3.8) is 0 Å². The fraction of sp³-hybridized carbons (Fsp3) is 0.235. The summed E-state index contributed by atoms with van der Waals surface area (Å²) in [5, 5.41) is 0. The second kappa shape index (κ2) is 8.07. The van der Waals surface area contributed by atoms with Gasteiger partial charge in [0, 0.05) is 0 Å². The van der Waals surface area contributed by atoms with Gasteiger partial charge in [-0.2, -0.15) is 0 Å². The molecule has 0 aliphatic heterocycles. The maximum Gasteiger partial charge on any atom is 0.281 e. The van der Waals surface area contributed by atoms with Crippen LogP contribution in [0.25, 0.3) is 0 Å². The molecule has 0 spiro atoms. The van der Waals surface area contributed by atoms with E-state index in [9.17, 15) is 4.79 Å². The quantitative estimate of drug-likeness (QED) is 0.796. The van der Waals surface area contributed by atoms with Crippen LogP contribution in [0.4, 0.5) is 0 Å². The molecule has 0 radical (unpaired) electrons. The molecule has 0 atom stereocenters. The van der Waals surface area contributed by atoms with E-state index >= 15 is 0 Å². The van der Waals surface area contributed by atoms with E-state index in [0.29, 0.717) is 6.61 Å². The zero-order valence-electron chi connectivity index (χ0n) is 12.0. The summed E-state index contributed by atoms with van der Waals surface area (Å²) in [5.41, 5.74) is 4.45. The van der Waals surface area contributed by atoms with Crippen LogP contribution in [-0.2, 0) is 22.7 Å². The number of benzene rings is 2. The lowest BCUT2D eigenvalue weighted by Crippen LogP contribution is -2.29. The van der Waals surface area contributed by atoms with E-state index in [0.717, 1.165) is 23.3 Å². The predicted octanol–water partition coefficient (Wildman–Crippen LogP) is 2.88. The second-order valence-electron chi connectivity index (χ2n) is 4.55. The van der Waals surface area contributed by atoms with Gasteiger partial charge in [-0.05, 0) is 23.6 Å². The zero-order chi connectivity index (χ0) is 14.9. The molecule has 0 heterocycles. The molecular formula is C17H19NO3. The third-order valence-corrected chi connectivity index (χ3v) is 2.98. The Bertz CT molecular complexity index is 569. The molecule has 0 saturated carbocycles. The maximum atomic E-state index is 11.6. The number of nitrogens with one attached hydrogen (secondary N) is 1. The summed E-state index contributed by atoms with van der Waals surface area (Å²) in [4.78, 5) is 16.8. The normalized spacial score (nSPS) is 10.1. The van der Waals surface area contributed by atoms with Gasteiger partial charge in [0.1, 0.15) is 5.75 Å². The molecule has 4 nitrogen and oxygen atoms in total. The summed E-state index contributed by atoms with van der Waals surface area (Å²) < 4.78 is 5.50. The second-order valence-corrected chi connectivity index (χ2v) is 4.55. The van der Waals surface area contributed by atoms with Crippen molar-refractivity contribution in [2.75, 3.05) is 6.61 Å². The molecule has 1 N–H and O–H groups in total. The first-order valence-electron chi connectivity index (χ1n) is 6.95. The van der Waals surface area contributed by atoms with Gasteiger partial charge in [0.15, 0.2) is 6.61 Å². The van der Waals surface area contributed by atoms with Crippen LogP contribution >= 0.6 is 0 Å². The summed E-state index contributed by atoms with van der Waals surface area (Å²) in [6.45, 7) is 2.31. The Hall–Kier alpha value is -2.33. The van der Waals surface area contributed by atoms with Crippen molar-refractivity contribution >= 4 is 5.91 Å². The van der Waals surface area contributed by atoms with Crippen LogP contribution in [0.15, 0.2) is 54.6 Å². The van der Waals surface area contributed by atoms with Crippen LogP contribution in [0.2, 0.25) is 0 Å². The lowest BCUT2D eigenvalue weighted by Gasteiger charge is -2.10. The van der Waals surface area contributed by atoms with E-state index < -0.39 is 0 Å². The number of carbonyl (C=O) groups excluding carboxylic acids is 1. The van der Waals surface area contributed by atoms with Gasteiger partial charge in [0.2, 0.25) is 0 Å². The summed E-state index contributed by atoms with van der Waals surface area (Å²) in [6.07, 6.45) is 0.863. The minimum absolute atomic E-state index is 0.0637. The van der Waals surface area contributed by atoms with Crippen molar-refractivity contribution < 1.29 is 14.4 Å². The Morgan fingerprint density at radius 1 is 1.05 bits per heavy atom. The smallest absolute Gasteiger partial charge is 0.281 e. The molecule has 2 rings (SSSR count). The fourth-order valence-electron chi connectivity index (χ4n) is 1.88. The number of para-hydroxylation sites is 1. The van der Waals surface area contributed by atoms with Gasteiger partial charge in [-0.3, -0.25) is 9.63 Å². The summed E-state index contributed by atoms with van der Waals surface area (Å²) in [7, 11) is 0. The van der Waals surface area contributed by atoms with Crippen LogP contribution < -0.4 is 10.2 Å². The molecule has 0 unspecified atom stereocenters. The number of amides is 1. The van der Waals surface area contributed by atoms with Crippen LogP contribution in [0.1, 0.15) is 18.1 Å². The number of carbonyl (C=O) groups is 1. The summed E-state index contributed by atoms with van der Waals surface area (Å²) in [5.74, 6) is 0.426. The van der Waals surface area contributed by atoms with E-state index in [1.165, 1.54) is 0 Å². The van der Waals surface area contributed by atoms with E-state index in [1.807, 2.05) is 61.5 Å². The molecule has 110 valence electrons. The highest BCUT2D eigenvalue weighted by atomic mass is 16.7. The van der Waals surface area contributed by atoms with Crippen molar-refractivity contribution in [1.29, 1.82) is 0 Å². The average Bonchev–Trinajstić information content (AvgIpc) is 2.54. The zero-order valence-corrected chi connectivity index (χ0v) is 12.0. The number of aryl methyl sites for hydroxylation is 1. The van der Waals surface area contributed by atoms with Crippen molar-refractivity contribution in [2.24, 2.45) is 0 Å². The SMILES string of the molecule is CCc1ccccc1OCC(=O)NOCc1ccccc1. The van der Waals surface area contributed by atoms with Gasteiger partial charge in [-0.15, -0.1) is 0 Å². The largest absolute Gasteiger partial charge is 0.483 e. The molecule has 0 aliphatic rings. The van der Waals surface area contributed by atoms with E-state index in [2.05, 4.69) is 5.48 Å². The molecule has 0 aromatic heterocycles. The first kappa shape index (κ1) is 15.1. The third kappa shape index (κ3) is 4.93. The van der Waals surface area contributed by atoms with Crippen LogP contribution in [-0.4, -0.2) is 12.5 Å². The first-order chi connectivity index (χ1) is 10.3. The van der Waals surface area contributed by atoms with E-state index in [4.69, 9.17) is 9.57 Å². The lowest BCUT2D eigenvalue weighted by molar-refractivity contribution is -0.136. The van der Waals surface area contributed by atoms with E-state index in [-0.39, 0.29) is 12.5 Å². The van der Waals surface area contributed by atoms with Crippen molar-refractivity contribution in [3.8, 4) is 5.75 Å². The van der Waals surface area contributed by atoms with Gasteiger partial charge >= 0.3 is 0 Å². The van der Waals surface area contributed by atoms with Crippen LogP contribution in [0, 0.1) is 0 Å². The molecule has 2 aromatic carbocycles. The van der Waals surface area contributed by atoms with Crippen LogP contribution in [0.5, 0.6) is 5.75 Å². The highest BCUT2D eigenvalue weighted by molar-refractivity contribution is 5.76. The minimum atomic E-state index is -0.308. The number of ether oxygens (including phenoxy) is 1. The lowest BCUT2D eigenvalue weighted by atomic mass is 10.1. The predicted molar refractivity (Wildman–Crippen MR) is 80.7 cm³/mol. The Morgan fingerprint density at radius 2 is 1.76 bits per heavy atom. The highest BCUT2D eigenvalue weighted by Crippen LogP contribution is 2.17. The summed E-state index contributed by atoms with van der Waals surface area (Å²) in [6, 6.07) is 17.3. The summed E-state index contributed by atoms with van der Waals surface area (Å²) >= 11 is 0. The van der Waals surface area contributed by atoms with Crippen molar-refractivity contribution in [1.82, 2.24) is 5.48 Å². The molecule has 1 amide bonds. The first-order valence-corrected chi connectivity index (χ1v) is 6.95. The molecule has 0 saturated heterocycles. The topological polar surface area (TPSA) is 47.6 Å². The Balaban J connectivity index is 1.72. The molecule has 0 bridgehead atoms.